The number of amides is 3. The summed E-state index contributed by atoms with van der Waals surface area (Å²) < 4.78 is 0. The monoisotopic (exact) mass is 548 g/mol. The maximum absolute atomic E-state index is 12.9. The van der Waals surface area contributed by atoms with Crippen molar-refractivity contribution in [2.45, 2.75) is 69.1 Å². The maximum atomic E-state index is 12.9. The van der Waals surface area contributed by atoms with E-state index in [1.54, 1.807) is 6.26 Å². The molecular formula is C21H40N8O7S. The average Bonchev–Trinajstić information content (AvgIpc) is 2.82. The Morgan fingerprint density at radius 2 is 1.43 bits per heavy atom. The van der Waals surface area contributed by atoms with E-state index in [4.69, 9.17) is 22.9 Å². The molecule has 0 aliphatic carbocycles. The van der Waals surface area contributed by atoms with Crippen LogP contribution in [0.25, 0.3) is 0 Å². The standard InChI is InChI=1S/C21H40N8O7S/c1-37-10-7-14(20(35)36)28-18(33)13(6-2-3-8-22)27-19(34)15(11-16(30)31)29-17(32)12(23)5-4-9-26-21(24)25/h12-15H,2-11,22-23H2,1H3,(H,27,34)(H,28,33)(H,29,32)(H,30,31)(H,35,36)(H4,24,25,26). The van der Waals surface area contributed by atoms with Gasteiger partial charge in [0, 0.05) is 6.54 Å². The van der Waals surface area contributed by atoms with Gasteiger partial charge in [0.05, 0.1) is 12.5 Å². The first-order valence-corrected chi connectivity index (χ1v) is 13.2. The zero-order chi connectivity index (χ0) is 28.4. The number of carbonyl (C=O) groups excluding carboxylic acids is 3. The van der Waals surface area contributed by atoms with E-state index in [0.717, 1.165) is 0 Å². The van der Waals surface area contributed by atoms with Crippen LogP contribution in [0.3, 0.4) is 0 Å². The lowest BCUT2D eigenvalue weighted by Crippen LogP contribution is -2.57. The summed E-state index contributed by atoms with van der Waals surface area (Å²) >= 11 is 1.41. The second kappa shape index (κ2) is 19.1. The number of carboxylic acid groups (broad SMARTS) is 2. The van der Waals surface area contributed by atoms with Crippen molar-refractivity contribution in [2.24, 2.45) is 27.9 Å². The molecule has 15 nitrogen and oxygen atoms in total. The summed E-state index contributed by atoms with van der Waals surface area (Å²) in [6.45, 7) is 0.572. The van der Waals surface area contributed by atoms with Crippen molar-refractivity contribution in [1.82, 2.24) is 16.0 Å². The van der Waals surface area contributed by atoms with Gasteiger partial charge in [-0.15, -0.1) is 0 Å². The van der Waals surface area contributed by atoms with Crippen LogP contribution in [0, 0.1) is 0 Å². The number of guanidine groups is 1. The lowest BCUT2D eigenvalue weighted by Gasteiger charge is -2.24. The third-order valence-corrected chi connectivity index (χ3v) is 5.77. The number of nitrogens with two attached hydrogens (primary N) is 4. The number of hydrogen-bond donors (Lipinski definition) is 9. The number of carbonyl (C=O) groups is 5. The highest BCUT2D eigenvalue weighted by molar-refractivity contribution is 7.98. The Morgan fingerprint density at radius 1 is 0.838 bits per heavy atom. The number of nitrogens with one attached hydrogen (secondary N) is 3. The van der Waals surface area contributed by atoms with E-state index in [0.29, 0.717) is 31.6 Å². The van der Waals surface area contributed by atoms with Crippen LogP contribution in [0.1, 0.15) is 44.9 Å². The summed E-state index contributed by atoms with van der Waals surface area (Å²) in [5, 5.41) is 25.8. The summed E-state index contributed by atoms with van der Waals surface area (Å²) in [5.41, 5.74) is 21.8. The first-order valence-electron chi connectivity index (χ1n) is 11.8. The van der Waals surface area contributed by atoms with E-state index in [1.807, 2.05) is 0 Å². The molecule has 4 unspecified atom stereocenters. The van der Waals surface area contributed by atoms with E-state index in [2.05, 4.69) is 20.9 Å². The fourth-order valence-electron chi connectivity index (χ4n) is 3.11. The number of aliphatic imine (C=N–C) groups is 1. The first kappa shape index (κ1) is 33.9. The molecule has 16 heteroatoms. The van der Waals surface area contributed by atoms with Crippen LogP contribution in [0.2, 0.25) is 0 Å². The van der Waals surface area contributed by atoms with Crippen molar-refractivity contribution in [2.75, 3.05) is 25.1 Å². The molecule has 13 N–H and O–H groups in total. The summed E-state index contributed by atoms with van der Waals surface area (Å²) in [7, 11) is 0. The highest BCUT2D eigenvalue weighted by Gasteiger charge is 2.31. The van der Waals surface area contributed by atoms with E-state index in [1.165, 1.54) is 11.8 Å². The van der Waals surface area contributed by atoms with E-state index in [9.17, 15) is 34.2 Å². The zero-order valence-electron chi connectivity index (χ0n) is 21.0. The first-order chi connectivity index (χ1) is 17.4. The molecule has 0 rings (SSSR count). The molecule has 0 bridgehead atoms. The second-order valence-electron chi connectivity index (χ2n) is 8.24. The number of thioether (sulfide) groups is 1. The third-order valence-electron chi connectivity index (χ3n) is 5.12. The molecule has 0 aliphatic rings. The molecule has 0 aromatic rings. The van der Waals surface area contributed by atoms with Crippen LogP contribution in [-0.2, 0) is 24.0 Å². The van der Waals surface area contributed by atoms with Crippen molar-refractivity contribution in [3.8, 4) is 0 Å². The van der Waals surface area contributed by atoms with E-state index < -0.39 is 60.2 Å². The summed E-state index contributed by atoms with van der Waals surface area (Å²) in [5.74, 6) is -4.64. The van der Waals surface area contributed by atoms with Crippen LogP contribution in [0.4, 0.5) is 0 Å². The highest BCUT2D eigenvalue weighted by Crippen LogP contribution is 2.07. The Kier molecular flexibility index (Phi) is 17.5. The minimum absolute atomic E-state index is 0.111. The van der Waals surface area contributed by atoms with Gasteiger partial charge in [-0.1, -0.05) is 0 Å². The van der Waals surface area contributed by atoms with Gasteiger partial charge < -0.3 is 49.1 Å². The second-order valence-corrected chi connectivity index (χ2v) is 9.23. The molecule has 0 heterocycles. The van der Waals surface area contributed by atoms with Gasteiger partial charge in [-0.3, -0.25) is 24.2 Å². The molecule has 0 radical (unpaired) electrons. The van der Waals surface area contributed by atoms with Crippen LogP contribution in [0.15, 0.2) is 4.99 Å². The largest absolute Gasteiger partial charge is 0.481 e. The fourth-order valence-corrected chi connectivity index (χ4v) is 3.58. The Bertz CT molecular complexity index is 795. The molecule has 0 aromatic heterocycles. The fraction of sp³-hybridized carbons (Fsp3) is 0.714. The van der Waals surface area contributed by atoms with Crippen molar-refractivity contribution in [3.63, 3.8) is 0 Å². The molecule has 3 amide bonds. The molecule has 0 saturated carbocycles. The van der Waals surface area contributed by atoms with E-state index in [-0.39, 0.29) is 31.8 Å². The molecule has 37 heavy (non-hydrogen) atoms. The molecule has 0 saturated heterocycles. The van der Waals surface area contributed by atoms with Crippen LogP contribution in [-0.4, -0.2) is 95.1 Å². The number of carboxylic acids is 2. The van der Waals surface area contributed by atoms with Gasteiger partial charge in [-0.2, -0.15) is 11.8 Å². The zero-order valence-corrected chi connectivity index (χ0v) is 21.8. The number of hydrogen-bond acceptors (Lipinski definition) is 9. The quantitative estimate of drug-likeness (QED) is 0.0425. The Morgan fingerprint density at radius 3 is 1.97 bits per heavy atom. The maximum Gasteiger partial charge on any atom is 0.326 e. The minimum atomic E-state index is -1.52. The Balaban J connectivity index is 5.42. The summed E-state index contributed by atoms with van der Waals surface area (Å²) in [4.78, 5) is 64.8. The van der Waals surface area contributed by atoms with Gasteiger partial charge in [0.25, 0.3) is 0 Å². The number of rotatable bonds is 20. The molecular weight excluding hydrogens is 508 g/mol. The van der Waals surface area contributed by atoms with Gasteiger partial charge in [0.15, 0.2) is 5.96 Å². The predicted octanol–water partition coefficient (Wildman–Crippen LogP) is -2.74. The van der Waals surface area contributed by atoms with Crippen molar-refractivity contribution < 1.29 is 34.2 Å². The minimum Gasteiger partial charge on any atom is -0.481 e. The number of unbranched alkanes of at least 4 members (excludes halogenated alkanes) is 1. The van der Waals surface area contributed by atoms with Gasteiger partial charge in [-0.25, -0.2) is 4.79 Å². The van der Waals surface area contributed by atoms with Gasteiger partial charge in [-0.05, 0) is 57.1 Å². The van der Waals surface area contributed by atoms with Crippen LogP contribution >= 0.6 is 11.8 Å². The van der Waals surface area contributed by atoms with Crippen molar-refractivity contribution in [1.29, 1.82) is 0 Å². The number of nitrogens with zero attached hydrogens (tertiary/aromatic N) is 1. The van der Waals surface area contributed by atoms with Gasteiger partial charge >= 0.3 is 11.9 Å². The Hall–Kier alpha value is -3.11. The number of aliphatic carboxylic acids is 2. The normalized spacial score (nSPS) is 13.9. The lowest BCUT2D eigenvalue weighted by atomic mass is 10.1. The SMILES string of the molecule is CSCCC(NC(=O)C(CCCCN)NC(=O)C(CC(=O)O)NC(=O)C(N)CCCN=C(N)N)C(=O)O. The summed E-state index contributed by atoms with van der Waals surface area (Å²) in [6.07, 6.45) is 2.84. The van der Waals surface area contributed by atoms with Crippen LogP contribution < -0.4 is 38.9 Å². The molecule has 0 aromatic carbocycles. The predicted molar refractivity (Wildman–Crippen MR) is 139 cm³/mol. The van der Waals surface area contributed by atoms with E-state index >= 15 is 0 Å². The molecule has 0 aliphatic heterocycles. The van der Waals surface area contributed by atoms with Crippen molar-refractivity contribution in [3.05, 3.63) is 0 Å². The van der Waals surface area contributed by atoms with Crippen molar-refractivity contribution >= 4 is 47.4 Å². The van der Waals surface area contributed by atoms with Crippen LogP contribution in [0.5, 0.6) is 0 Å². The third kappa shape index (κ3) is 15.6. The molecule has 212 valence electrons. The smallest absolute Gasteiger partial charge is 0.326 e. The molecule has 0 fully saturated rings. The lowest BCUT2D eigenvalue weighted by molar-refractivity contribution is -0.143. The summed E-state index contributed by atoms with van der Waals surface area (Å²) in [6, 6.07) is -4.92. The average molecular weight is 549 g/mol. The molecule has 0 spiro atoms. The Labute approximate surface area is 219 Å². The highest BCUT2D eigenvalue weighted by atomic mass is 32.2. The molecule has 4 atom stereocenters. The van der Waals surface area contributed by atoms with Gasteiger partial charge in [0.2, 0.25) is 17.7 Å². The topological polar surface area (TPSA) is 278 Å². The van der Waals surface area contributed by atoms with Gasteiger partial charge in [0.1, 0.15) is 18.1 Å².